The Bertz CT molecular complexity index is 177. The van der Waals surface area contributed by atoms with Crippen molar-refractivity contribution in [1.82, 2.24) is 0 Å². The van der Waals surface area contributed by atoms with Crippen LogP contribution in [0.25, 0.3) is 0 Å². The topological polar surface area (TPSA) is 35.5 Å². The quantitative estimate of drug-likeness (QED) is 0.359. The molecule has 0 heterocycles. The molecule has 0 bridgehead atoms. The van der Waals surface area contributed by atoms with Gasteiger partial charge in [0.25, 0.3) is 0 Å². The molecule has 0 N–H and O–H groups in total. The predicted octanol–water partition coefficient (Wildman–Crippen LogP) is 2.17. The third-order valence-corrected chi connectivity index (χ3v) is 2.04. The highest BCUT2D eigenvalue weighted by atomic mass is 16.7. The standard InChI is InChI=1S/C11H20O3/c1-5-13-11(4)14-10(3)9(2)7-6-8-12/h6-11H,5H2,1-4H3/b7-6+. The lowest BCUT2D eigenvalue weighted by Crippen LogP contribution is -2.24. The van der Waals surface area contributed by atoms with Gasteiger partial charge in [0.05, 0.1) is 6.10 Å². The molecule has 0 radical (unpaired) electrons. The molecule has 14 heavy (non-hydrogen) atoms. The number of hydrogen-bond acceptors (Lipinski definition) is 3. The summed E-state index contributed by atoms with van der Waals surface area (Å²) in [4.78, 5) is 10.1. The number of allylic oxidation sites excluding steroid dienone is 1. The van der Waals surface area contributed by atoms with Gasteiger partial charge < -0.3 is 9.47 Å². The van der Waals surface area contributed by atoms with Gasteiger partial charge >= 0.3 is 0 Å². The van der Waals surface area contributed by atoms with E-state index in [-0.39, 0.29) is 18.3 Å². The zero-order valence-electron chi connectivity index (χ0n) is 9.40. The minimum atomic E-state index is -0.193. The first-order chi connectivity index (χ1) is 6.61. The van der Waals surface area contributed by atoms with Crippen molar-refractivity contribution >= 4 is 6.29 Å². The molecule has 0 aromatic heterocycles. The van der Waals surface area contributed by atoms with E-state index in [4.69, 9.17) is 9.47 Å². The zero-order valence-corrected chi connectivity index (χ0v) is 9.40. The van der Waals surface area contributed by atoms with Crippen LogP contribution in [0.4, 0.5) is 0 Å². The third-order valence-electron chi connectivity index (χ3n) is 2.04. The summed E-state index contributed by atoms with van der Waals surface area (Å²) in [5.74, 6) is 0.211. The molecule has 0 saturated carbocycles. The summed E-state index contributed by atoms with van der Waals surface area (Å²) in [6.07, 6.45) is 3.95. The van der Waals surface area contributed by atoms with Crippen LogP contribution in [0.15, 0.2) is 12.2 Å². The van der Waals surface area contributed by atoms with Crippen molar-refractivity contribution in [3.63, 3.8) is 0 Å². The number of ether oxygens (including phenoxy) is 2. The molecule has 0 spiro atoms. The van der Waals surface area contributed by atoms with Crippen LogP contribution in [0, 0.1) is 5.92 Å². The molecule has 82 valence electrons. The molecule has 0 aliphatic heterocycles. The Morgan fingerprint density at radius 2 is 1.93 bits per heavy atom. The average molecular weight is 200 g/mol. The highest BCUT2D eigenvalue weighted by Gasteiger charge is 2.13. The lowest BCUT2D eigenvalue weighted by Gasteiger charge is -2.22. The fraction of sp³-hybridized carbons (Fsp3) is 0.727. The van der Waals surface area contributed by atoms with Crippen molar-refractivity contribution in [2.75, 3.05) is 6.61 Å². The Labute approximate surface area is 86.1 Å². The molecule has 3 heteroatoms. The molecule has 0 rings (SSSR count). The molecular weight excluding hydrogens is 180 g/mol. The van der Waals surface area contributed by atoms with Crippen molar-refractivity contribution in [2.45, 2.75) is 40.1 Å². The van der Waals surface area contributed by atoms with E-state index in [0.717, 1.165) is 6.29 Å². The molecule has 0 saturated heterocycles. The molecule has 0 aliphatic rings. The molecule has 0 aromatic rings. The van der Waals surface area contributed by atoms with Gasteiger partial charge in [0.1, 0.15) is 6.29 Å². The lowest BCUT2D eigenvalue weighted by molar-refractivity contribution is -0.159. The summed E-state index contributed by atoms with van der Waals surface area (Å²) in [6, 6.07) is 0. The van der Waals surface area contributed by atoms with Gasteiger partial charge in [-0.25, -0.2) is 0 Å². The predicted molar refractivity (Wildman–Crippen MR) is 56.0 cm³/mol. The number of carbonyl (C=O) groups excluding carboxylic acids is 1. The van der Waals surface area contributed by atoms with Gasteiger partial charge in [0, 0.05) is 12.5 Å². The molecular formula is C11H20O3. The molecule has 3 nitrogen and oxygen atoms in total. The highest BCUT2D eigenvalue weighted by Crippen LogP contribution is 2.11. The van der Waals surface area contributed by atoms with Crippen LogP contribution in [0.2, 0.25) is 0 Å². The Hall–Kier alpha value is -0.670. The molecule has 3 atom stereocenters. The first kappa shape index (κ1) is 13.3. The zero-order chi connectivity index (χ0) is 11.0. The van der Waals surface area contributed by atoms with Crippen LogP contribution < -0.4 is 0 Å². The minimum absolute atomic E-state index is 0.0488. The number of aldehydes is 1. The summed E-state index contributed by atoms with van der Waals surface area (Å²) >= 11 is 0. The largest absolute Gasteiger partial charge is 0.353 e. The van der Waals surface area contributed by atoms with Crippen LogP contribution in [0.3, 0.4) is 0 Å². The first-order valence-corrected chi connectivity index (χ1v) is 5.00. The van der Waals surface area contributed by atoms with Gasteiger partial charge in [-0.1, -0.05) is 13.0 Å². The van der Waals surface area contributed by atoms with Crippen LogP contribution >= 0.6 is 0 Å². The average Bonchev–Trinajstić information content (AvgIpc) is 2.14. The smallest absolute Gasteiger partial charge is 0.155 e. The highest BCUT2D eigenvalue weighted by molar-refractivity contribution is 5.64. The normalized spacial score (nSPS) is 18.0. The molecule has 3 unspecified atom stereocenters. The summed E-state index contributed by atoms with van der Waals surface area (Å²) in [6.45, 7) is 8.42. The van der Waals surface area contributed by atoms with Crippen LogP contribution in [0.1, 0.15) is 27.7 Å². The van der Waals surface area contributed by atoms with E-state index in [1.165, 1.54) is 6.08 Å². The van der Waals surface area contributed by atoms with E-state index in [1.54, 1.807) is 0 Å². The molecule has 0 aliphatic carbocycles. The summed E-state index contributed by atoms with van der Waals surface area (Å²) in [7, 11) is 0. The maximum Gasteiger partial charge on any atom is 0.155 e. The van der Waals surface area contributed by atoms with E-state index in [0.29, 0.717) is 6.61 Å². The maximum absolute atomic E-state index is 10.1. The fourth-order valence-electron chi connectivity index (χ4n) is 1.08. The van der Waals surface area contributed by atoms with Crippen molar-refractivity contribution < 1.29 is 14.3 Å². The van der Waals surface area contributed by atoms with Crippen molar-refractivity contribution in [2.24, 2.45) is 5.92 Å². The van der Waals surface area contributed by atoms with Crippen LogP contribution in [0.5, 0.6) is 0 Å². The third kappa shape index (κ3) is 5.89. The van der Waals surface area contributed by atoms with Crippen molar-refractivity contribution in [3.8, 4) is 0 Å². The molecule has 0 aromatic carbocycles. The van der Waals surface area contributed by atoms with Gasteiger partial charge in [-0.2, -0.15) is 0 Å². The second-order valence-corrected chi connectivity index (χ2v) is 3.24. The van der Waals surface area contributed by atoms with Gasteiger partial charge in [0.15, 0.2) is 6.29 Å². The maximum atomic E-state index is 10.1. The van der Waals surface area contributed by atoms with Crippen molar-refractivity contribution in [3.05, 3.63) is 12.2 Å². The molecule has 0 fully saturated rings. The Kier molecular flexibility index (Phi) is 7.34. The van der Waals surface area contributed by atoms with E-state index in [1.807, 2.05) is 33.8 Å². The van der Waals surface area contributed by atoms with Crippen LogP contribution in [-0.2, 0) is 14.3 Å². The van der Waals surface area contributed by atoms with E-state index in [2.05, 4.69) is 0 Å². The first-order valence-electron chi connectivity index (χ1n) is 5.00. The number of carbonyl (C=O) groups is 1. The monoisotopic (exact) mass is 200 g/mol. The second kappa shape index (κ2) is 7.71. The van der Waals surface area contributed by atoms with Crippen LogP contribution in [-0.4, -0.2) is 25.3 Å². The summed E-state index contributed by atoms with van der Waals surface area (Å²) in [5.41, 5.74) is 0. The SMILES string of the molecule is CCOC(C)OC(C)C(C)/C=C/C=O. The number of hydrogen-bond donors (Lipinski definition) is 0. The van der Waals surface area contributed by atoms with Gasteiger partial charge in [0.2, 0.25) is 0 Å². The Balaban J connectivity index is 3.87. The van der Waals surface area contributed by atoms with Gasteiger partial charge in [-0.05, 0) is 26.8 Å². The summed E-state index contributed by atoms with van der Waals surface area (Å²) < 4.78 is 10.8. The van der Waals surface area contributed by atoms with Gasteiger partial charge in [-0.3, -0.25) is 4.79 Å². The Morgan fingerprint density at radius 1 is 1.29 bits per heavy atom. The van der Waals surface area contributed by atoms with E-state index in [9.17, 15) is 4.79 Å². The number of rotatable bonds is 7. The lowest BCUT2D eigenvalue weighted by atomic mass is 10.1. The molecule has 0 amide bonds. The van der Waals surface area contributed by atoms with E-state index >= 15 is 0 Å². The summed E-state index contributed by atoms with van der Waals surface area (Å²) in [5, 5.41) is 0. The second-order valence-electron chi connectivity index (χ2n) is 3.24. The Morgan fingerprint density at radius 3 is 2.43 bits per heavy atom. The van der Waals surface area contributed by atoms with E-state index < -0.39 is 0 Å². The van der Waals surface area contributed by atoms with Gasteiger partial charge in [-0.15, -0.1) is 0 Å². The van der Waals surface area contributed by atoms with Crippen molar-refractivity contribution in [1.29, 1.82) is 0 Å². The fourth-order valence-corrected chi connectivity index (χ4v) is 1.08. The minimum Gasteiger partial charge on any atom is -0.353 e.